The van der Waals surface area contributed by atoms with Crippen molar-refractivity contribution in [2.45, 2.75) is 19.8 Å². The Hall–Kier alpha value is -3.35. The van der Waals surface area contributed by atoms with E-state index in [-0.39, 0.29) is 18.0 Å². The lowest BCUT2D eigenvalue weighted by molar-refractivity contribution is -0.138. The van der Waals surface area contributed by atoms with Gasteiger partial charge in [-0.3, -0.25) is 14.8 Å². The van der Waals surface area contributed by atoms with E-state index in [9.17, 15) is 14.4 Å². The number of benzene rings is 1. The van der Waals surface area contributed by atoms with Crippen molar-refractivity contribution in [3.8, 4) is 0 Å². The predicted octanol–water partition coefficient (Wildman–Crippen LogP) is 1.93. The number of hydrogen-bond acceptors (Lipinski definition) is 5. The summed E-state index contributed by atoms with van der Waals surface area (Å²) < 4.78 is 5.22. The third-order valence-electron chi connectivity index (χ3n) is 4.24. The van der Waals surface area contributed by atoms with E-state index < -0.39 is 23.1 Å². The molecule has 3 rings (SSSR count). The predicted molar refractivity (Wildman–Crippen MR) is 98.2 cm³/mol. The molecule has 0 spiro atoms. The Morgan fingerprint density at radius 2 is 1.88 bits per heavy atom. The van der Waals surface area contributed by atoms with Crippen molar-refractivity contribution in [2.75, 3.05) is 11.9 Å². The summed E-state index contributed by atoms with van der Waals surface area (Å²) in [5.41, 5.74) is 1.73. The molecule has 2 aromatic rings. The van der Waals surface area contributed by atoms with Gasteiger partial charge in [0.1, 0.15) is 12.4 Å². The van der Waals surface area contributed by atoms with E-state index in [1.54, 1.807) is 6.92 Å². The van der Waals surface area contributed by atoms with Crippen LogP contribution in [0.5, 0.6) is 0 Å². The van der Waals surface area contributed by atoms with Crippen LogP contribution in [0.4, 0.5) is 5.82 Å². The van der Waals surface area contributed by atoms with Gasteiger partial charge in [-0.15, -0.1) is 0 Å². The molecule has 0 bridgehead atoms. The Morgan fingerprint density at radius 1 is 1.19 bits per heavy atom. The lowest BCUT2D eigenvalue weighted by Crippen LogP contribution is -2.35. The summed E-state index contributed by atoms with van der Waals surface area (Å²) in [7, 11) is 0. The molecule has 0 saturated carbocycles. The second-order valence-corrected chi connectivity index (χ2v) is 6.09. The van der Waals surface area contributed by atoms with Gasteiger partial charge in [0, 0.05) is 5.70 Å². The van der Waals surface area contributed by atoms with Gasteiger partial charge in [0.2, 0.25) is 0 Å². The number of allylic oxidation sites excluding steroid dienone is 1. The number of ether oxygens (including phenoxy) is 1. The monoisotopic (exact) mass is 353 g/mol. The first-order valence-corrected chi connectivity index (χ1v) is 8.11. The van der Waals surface area contributed by atoms with Gasteiger partial charge in [-0.25, -0.2) is 9.59 Å². The standard InChI is InChI=1S/C19H19N3O4/c1-4-9-26-18(24)13-11(3)20-16-15(17(23)22-19(25)21-16)14(13)12-7-5-10(2)6-8-12/h4-8,14H,1,9H2,2-3H3,(H3,20,21,22,23,25). The minimum Gasteiger partial charge on any atom is -0.458 e. The molecule has 0 amide bonds. The van der Waals surface area contributed by atoms with Crippen LogP contribution in [0.3, 0.4) is 0 Å². The highest BCUT2D eigenvalue weighted by Crippen LogP contribution is 2.39. The molecule has 1 atom stereocenters. The highest BCUT2D eigenvalue weighted by molar-refractivity contribution is 5.94. The van der Waals surface area contributed by atoms with Crippen molar-refractivity contribution >= 4 is 11.8 Å². The van der Waals surface area contributed by atoms with E-state index in [1.807, 2.05) is 31.2 Å². The van der Waals surface area contributed by atoms with Crippen LogP contribution in [0.2, 0.25) is 0 Å². The Bertz CT molecular complexity index is 1010. The zero-order valence-corrected chi connectivity index (χ0v) is 14.5. The minimum atomic E-state index is -0.662. The lowest BCUT2D eigenvalue weighted by atomic mass is 9.82. The number of fused-ring (bicyclic) bond motifs is 1. The Kier molecular flexibility index (Phi) is 4.62. The van der Waals surface area contributed by atoms with Gasteiger partial charge < -0.3 is 10.1 Å². The Labute approximate surface area is 149 Å². The third-order valence-corrected chi connectivity index (χ3v) is 4.24. The fourth-order valence-electron chi connectivity index (χ4n) is 3.06. The molecule has 134 valence electrons. The summed E-state index contributed by atoms with van der Waals surface area (Å²) in [5.74, 6) is -0.927. The van der Waals surface area contributed by atoms with Crippen molar-refractivity contribution in [1.82, 2.24) is 9.97 Å². The number of carbonyl (C=O) groups is 1. The number of hydrogen-bond donors (Lipinski definition) is 3. The average Bonchev–Trinajstić information content (AvgIpc) is 2.59. The Balaban J connectivity index is 2.23. The second kappa shape index (κ2) is 6.87. The first-order chi connectivity index (χ1) is 12.4. The molecular weight excluding hydrogens is 334 g/mol. The number of nitrogens with one attached hydrogen (secondary N) is 3. The largest absolute Gasteiger partial charge is 0.458 e. The van der Waals surface area contributed by atoms with Gasteiger partial charge in [0.25, 0.3) is 5.56 Å². The molecule has 0 saturated heterocycles. The number of aromatic amines is 2. The van der Waals surface area contributed by atoms with Crippen LogP contribution in [-0.4, -0.2) is 22.5 Å². The number of esters is 1. The molecule has 1 unspecified atom stereocenters. The van der Waals surface area contributed by atoms with E-state index in [2.05, 4.69) is 21.9 Å². The fraction of sp³-hybridized carbons (Fsp3) is 0.211. The summed E-state index contributed by atoms with van der Waals surface area (Å²) in [6, 6.07) is 7.51. The number of H-pyrrole nitrogens is 2. The van der Waals surface area contributed by atoms with Gasteiger partial charge in [-0.05, 0) is 19.4 Å². The van der Waals surface area contributed by atoms with E-state index in [0.29, 0.717) is 11.3 Å². The van der Waals surface area contributed by atoms with E-state index in [4.69, 9.17) is 4.74 Å². The molecule has 1 aromatic heterocycles. The highest BCUT2D eigenvalue weighted by atomic mass is 16.5. The summed E-state index contributed by atoms with van der Waals surface area (Å²) in [5, 5.41) is 2.94. The van der Waals surface area contributed by atoms with Gasteiger partial charge >= 0.3 is 11.7 Å². The van der Waals surface area contributed by atoms with Gasteiger partial charge in [0.05, 0.1) is 17.1 Å². The molecule has 1 aromatic carbocycles. The molecule has 0 aliphatic carbocycles. The average molecular weight is 353 g/mol. The number of aryl methyl sites for hydroxylation is 1. The summed E-state index contributed by atoms with van der Waals surface area (Å²) in [6.07, 6.45) is 1.48. The summed E-state index contributed by atoms with van der Waals surface area (Å²) >= 11 is 0. The molecule has 0 radical (unpaired) electrons. The number of carbonyl (C=O) groups excluding carboxylic acids is 1. The summed E-state index contributed by atoms with van der Waals surface area (Å²) in [6.45, 7) is 7.25. The van der Waals surface area contributed by atoms with Crippen LogP contribution >= 0.6 is 0 Å². The molecule has 7 nitrogen and oxygen atoms in total. The maximum Gasteiger partial charge on any atom is 0.337 e. The van der Waals surface area contributed by atoms with Crippen LogP contribution in [0.1, 0.15) is 29.5 Å². The molecule has 0 fully saturated rings. The first-order valence-electron chi connectivity index (χ1n) is 8.11. The number of anilines is 1. The van der Waals surface area contributed by atoms with Crippen molar-refractivity contribution in [2.24, 2.45) is 0 Å². The third kappa shape index (κ3) is 3.11. The highest BCUT2D eigenvalue weighted by Gasteiger charge is 2.35. The van der Waals surface area contributed by atoms with Crippen molar-refractivity contribution in [3.63, 3.8) is 0 Å². The lowest BCUT2D eigenvalue weighted by Gasteiger charge is -2.28. The van der Waals surface area contributed by atoms with Gasteiger partial charge in [-0.2, -0.15) is 0 Å². The zero-order valence-electron chi connectivity index (χ0n) is 14.5. The van der Waals surface area contributed by atoms with Crippen LogP contribution in [0, 0.1) is 6.92 Å². The zero-order chi connectivity index (χ0) is 18.8. The molecule has 2 heterocycles. The quantitative estimate of drug-likeness (QED) is 0.575. The van der Waals surface area contributed by atoms with Crippen LogP contribution in [0.25, 0.3) is 0 Å². The number of rotatable bonds is 4. The van der Waals surface area contributed by atoms with Crippen LogP contribution < -0.4 is 16.6 Å². The van der Waals surface area contributed by atoms with E-state index >= 15 is 0 Å². The normalized spacial score (nSPS) is 15.8. The van der Waals surface area contributed by atoms with Crippen LogP contribution in [-0.2, 0) is 9.53 Å². The Morgan fingerprint density at radius 3 is 2.54 bits per heavy atom. The molecule has 3 N–H and O–H groups in total. The second-order valence-electron chi connectivity index (χ2n) is 6.09. The van der Waals surface area contributed by atoms with Crippen LogP contribution in [0.15, 0.2) is 57.8 Å². The fourth-order valence-corrected chi connectivity index (χ4v) is 3.06. The minimum absolute atomic E-state index is 0.0606. The molecule has 1 aliphatic heterocycles. The molecule has 1 aliphatic rings. The topological polar surface area (TPSA) is 104 Å². The van der Waals surface area contributed by atoms with E-state index in [1.165, 1.54) is 6.08 Å². The van der Waals surface area contributed by atoms with Crippen molar-refractivity contribution < 1.29 is 9.53 Å². The first kappa shape index (κ1) is 17.5. The smallest absolute Gasteiger partial charge is 0.337 e. The maximum atomic E-state index is 12.7. The molecule has 7 heteroatoms. The summed E-state index contributed by atoms with van der Waals surface area (Å²) in [4.78, 5) is 41.6. The number of aromatic nitrogens is 2. The van der Waals surface area contributed by atoms with Crippen molar-refractivity contribution in [3.05, 3.63) is 85.7 Å². The molecular formula is C19H19N3O4. The van der Waals surface area contributed by atoms with Crippen molar-refractivity contribution in [1.29, 1.82) is 0 Å². The maximum absolute atomic E-state index is 12.7. The molecule has 26 heavy (non-hydrogen) atoms. The SMILES string of the molecule is C=CCOC(=O)C1=C(C)Nc2[nH]c(=O)[nH]c(=O)c2C1c1ccc(C)cc1. The van der Waals surface area contributed by atoms with Gasteiger partial charge in [0.15, 0.2) is 0 Å². The van der Waals surface area contributed by atoms with E-state index in [0.717, 1.165) is 11.1 Å². The van der Waals surface area contributed by atoms with Gasteiger partial charge in [-0.1, -0.05) is 42.5 Å².